The highest BCUT2D eigenvalue weighted by Gasteiger charge is 2.59. The zero-order valence-electron chi connectivity index (χ0n) is 15.0. The Kier molecular flexibility index (Phi) is 4.41. The topological polar surface area (TPSA) is 57.6 Å². The maximum Gasteiger partial charge on any atom is 0.238 e. The fraction of sp³-hybridized carbons (Fsp3) is 0.524. The van der Waals surface area contributed by atoms with Crippen LogP contribution in [-0.2, 0) is 9.59 Å². The van der Waals surface area contributed by atoms with Crippen molar-refractivity contribution in [1.82, 2.24) is 0 Å². The van der Waals surface area contributed by atoms with E-state index in [1.165, 1.54) is 16.9 Å². The van der Waals surface area contributed by atoms with Crippen LogP contribution in [0.3, 0.4) is 0 Å². The van der Waals surface area contributed by atoms with Crippen LogP contribution in [0.1, 0.15) is 25.7 Å². The van der Waals surface area contributed by atoms with Crippen LogP contribution in [0.25, 0.3) is 0 Å². The molecule has 142 valence electrons. The third kappa shape index (κ3) is 2.64. The predicted molar refractivity (Wildman–Crippen MR) is 110 cm³/mol. The average Bonchev–Trinajstić information content (AvgIpc) is 2.97. The first kappa shape index (κ1) is 17.8. The number of thioether (sulfide) groups is 2. The van der Waals surface area contributed by atoms with Crippen molar-refractivity contribution >= 4 is 41.0 Å². The van der Waals surface area contributed by atoms with E-state index >= 15 is 0 Å². The number of para-hydroxylation sites is 1. The molecule has 1 aromatic carbocycles. The Morgan fingerprint density at radius 2 is 1.78 bits per heavy atom. The van der Waals surface area contributed by atoms with Gasteiger partial charge in [0.2, 0.25) is 11.8 Å². The molecule has 2 aliphatic carbocycles. The van der Waals surface area contributed by atoms with E-state index in [9.17, 15) is 14.7 Å². The smallest absolute Gasteiger partial charge is 0.238 e. The lowest BCUT2D eigenvalue weighted by Gasteiger charge is -2.50. The molecule has 0 unspecified atom stereocenters. The fourth-order valence-corrected chi connectivity index (χ4v) is 8.77. The molecule has 1 aromatic rings. The summed E-state index contributed by atoms with van der Waals surface area (Å²) in [6.45, 7) is 0. The van der Waals surface area contributed by atoms with Crippen molar-refractivity contribution in [3.8, 4) is 0 Å². The molecule has 2 amide bonds. The fourth-order valence-electron chi connectivity index (χ4n) is 5.22. The molecule has 1 spiro atoms. The molecule has 0 bridgehead atoms. The molecule has 3 fully saturated rings. The number of rotatable bonds is 1. The van der Waals surface area contributed by atoms with Crippen LogP contribution in [0, 0.1) is 17.8 Å². The number of fused-ring (bicyclic) bond motifs is 4. The van der Waals surface area contributed by atoms with Gasteiger partial charge in [-0.3, -0.25) is 14.5 Å². The number of aliphatic hydroxyl groups is 1. The Balaban J connectivity index is 1.54. The van der Waals surface area contributed by atoms with Crippen LogP contribution in [0.4, 0.5) is 5.69 Å². The van der Waals surface area contributed by atoms with Gasteiger partial charge in [0.15, 0.2) is 0 Å². The highest BCUT2D eigenvalue weighted by atomic mass is 32.2. The zero-order valence-corrected chi connectivity index (χ0v) is 16.7. The summed E-state index contributed by atoms with van der Waals surface area (Å²) in [6, 6.07) is 9.20. The first-order chi connectivity index (χ1) is 13.1. The summed E-state index contributed by atoms with van der Waals surface area (Å²) in [7, 11) is 0. The maximum atomic E-state index is 13.4. The zero-order chi connectivity index (χ0) is 18.6. The molecule has 1 N–H and O–H groups in total. The summed E-state index contributed by atoms with van der Waals surface area (Å²) in [5, 5.41) is 10.9. The second-order valence-electron chi connectivity index (χ2n) is 7.81. The number of amides is 2. The number of nitrogens with zero attached hydrogens (tertiary/aromatic N) is 1. The monoisotopic (exact) mass is 401 g/mol. The highest BCUT2D eigenvalue weighted by molar-refractivity contribution is 8.19. The number of hydrogen-bond acceptors (Lipinski definition) is 5. The minimum atomic E-state index is -0.537. The van der Waals surface area contributed by atoms with Crippen LogP contribution >= 0.6 is 23.5 Å². The third-order valence-electron chi connectivity index (χ3n) is 6.41. The second-order valence-corrected chi connectivity index (χ2v) is 10.9. The third-order valence-corrected chi connectivity index (χ3v) is 9.92. The lowest BCUT2D eigenvalue weighted by atomic mass is 9.66. The van der Waals surface area contributed by atoms with Gasteiger partial charge in [0.25, 0.3) is 0 Å². The van der Waals surface area contributed by atoms with Gasteiger partial charge in [-0.1, -0.05) is 24.3 Å². The van der Waals surface area contributed by atoms with Crippen LogP contribution < -0.4 is 4.90 Å². The van der Waals surface area contributed by atoms with E-state index in [-0.39, 0.29) is 27.7 Å². The maximum absolute atomic E-state index is 13.4. The van der Waals surface area contributed by atoms with Crippen LogP contribution in [-0.4, -0.2) is 38.6 Å². The molecule has 27 heavy (non-hydrogen) atoms. The Labute approximate surface area is 167 Å². The molecule has 6 heteroatoms. The first-order valence-corrected chi connectivity index (χ1v) is 11.7. The van der Waals surface area contributed by atoms with Crippen molar-refractivity contribution in [2.75, 3.05) is 16.4 Å². The van der Waals surface area contributed by atoms with Crippen molar-refractivity contribution in [1.29, 1.82) is 0 Å². The standard InChI is InChI=1S/C21H23NO3S2/c23-16-9-10-21(26-11-4-12-27-21)15-8-7-14-17(18(15)16)20(25)22(19(14)24)13-5-2-1-3-6-13/h1-3,5-6,8,14,16-18,23H,4,7,9-12H2/t14-,16-,17-,18-/m1/s1. The van der Waals surface area contributed by atoms with Gasteiger partial charge in [-0.15, -0.1) is 23.5 Å². The summed E-state index contributed by atoms with van der Waals surface area (Å²) in [5.41, 5.74) is 1.87. The van der Waals surface area contributed by atoms with E-state index in [4.69, 9.17) is 0 Å². The minimum absolute atomic E-state index is 0.00336. The van der Waals surface area contributed by atoms with E-state index in [1.54, 1.807) is 0 Å². The van der Waals surface area contributed by atoms with Gasteiger partial charge in [-0.05, 0) is 54.9 Å². The number of allylic oxidation sites excluding steroid dienone is 1. The van der Waals surface area contributed by atoms with E-state index in [1.807, 2.05) is 53.9 Å². The number of hydrogen-bond donors (Lipinski definition) is 1. The first-order valence-electron chi connectivity index (χ1n) is 9.72. The van der Waals surface area contributed by atoms with Crippen molar-refractivity contribution in [3.05, 3.63) is 42.0 Å². The molecular formula is C21H23NO3S2. The van der Waals surface area contributed by atoms with Crippen molar-refractivity contribution in [2.45, 2.75) is 35.9 Å². The normalized spacial score (nSPS) is 35.0. The van der Waals surface area contributed by atoms with Gasteiger partial charge in [0.1, 0.15) is 0 Å². The van der Waals surface area contributed by atoms with E-state index in [0.29, 0.717) is 18.5 Å². The Morgan fingerprint density at radius 3 is 2.52 bits per heavy atom. The molecule has 0 aromatic heterocycles. The Bertz CT molecular complexity index is 803. The summed E-state index contributed by atoms with van der Waals surface area (Å²) in [5.74, 6) is 1.04. The number of carbonyl (C=O) groups is 2. The number of anilines is 1. The molecule has 4 aliphatic rings. The Morgan fingerprint density at radius 1 is 1.04 bits per heavy atom. The Hall–Kier alpha value is -1.24. The van der Waals surface area contributed by atoms with E-state index < -0.39 is 12.0 Å². The van der Waals surface area contributed by atoms with Crippen molar-refractivity contribution in [2.24, 2.45) is 17.8 Å². The molecular weight excluding hydrogens is 378 g/mol. The molecule has 4 atom stereocenters. The molecule has 2 aliphatic heterocycles. The number of carbonyl (C=O) groups excluding carboxylic acids is 2. The van der Waals surface area contributed by atoms with E-state index in [0.717, 1.165) is 17.9 Å². The van der Waals surface area contributed by atoms with Gasteiger partial charge in [-0.2, -0.15) is 0 Å². The highest BCUT2D eigenvalue weighted by Crippen LogP contribution is 2.60. The van der Waals surface area contributed by atoms with E-state index in [2.05, 4.69) is 6.08 Å². The molecule has 0 radical (unpaired) electrons. The molecule has 2 saturated heterocycles. The van der Waals surface area contributed by atoms with Gasteiger partial charge in [0, 0.05) is 5.92 Å². The molecule has 2 heterocycles. The van der Waals surface area contributed by atoms with Crippen LogP contribution in [0.2, 0.25) is 0 Å². The number of benzene rings is 1. The van der Waals surface area contributed by atoms with Gasteiger partial charge >= 0.3 is 0 Å². The lowest BCUT2D eigenvalue weighted by Crippen LogP contribution is -2.49. The van der Waals surface area contributed by atoms with Crippen LogP contribution in [0.5, 0.6) is 0 Å². The minimum Gasteiger partial charge on any atom is -0.392 e. The molecule has 5 rings (SSSR count). The summed E-state index contributed by atoms with van der Waals surface area (Å²) < 4.78 is -0.00336. The van der Waals surface area contributed by atoms with Crippen LogP contribution in [0.15, 0.2) is 42.0 Å². The number of imide groups is 1. The summed E-state index contributed by atoms with van der Waals surface area (Å²) >= 11 is 3.96. The largest absolute Gasteiger partial charge is 0.392 e. The van der Waals surface area contributed by atoms with Crippen molar-refractivity contribution < 1.29 is 14.7 Å². The quantitative estimate of drug-likeness (QED) is 0.577. The molecule has 4 nitrogen and oxygen atoms in total. The van der Waals surface area contributed by atoms with Gasteiger partial charge in [0.05, 0.1) is 27.7 Å². The average molecular weight is 402 g/mol. The van der Waals surface area contributed by atoms with Gasteiger partial charge in [-0.25, -0.2) is 0 Å². The predicted octanol–water partition coefficient (Wildman–Crippen LogP) is 3.46. The molecule has 1 saturated carbocycles. The summed E-state index contributed by atoms with van der Waals surface area (Å²) in [4.78, 5) is 27.8. The van der Waals surface area contributed by atoms with Crippen molar-refractivity contribution in [3.63, 3.8) is 0 Å². The second kappa shape index (κ2) is 6.68. The summed E-state index contributed by atoms with van der Waals surface area (Å²) in [6.07, 6.45) is 5.14. The van der Waals surface area contributed by atoms with Gasteiger partial charge < -0.3 is 5.11 Å². The number of aliphatic hydroxyl groups excluding tert-OH is 1. The lowest BCUT2D eigenvalue weighted by molar-refractivity contribution is -0.124. The SMILES string of the molecule is O=C1[C@H]2[C@@H]3C(=CC[C@H]2C(=O)N1c1ccccc1)C1(CC[C@H]3O)SCCCS1.